The third-order valence-electron chi connectivity index (χ3n) is 2.62. The molecule has 0 spiro atoms. The molecule has 0 saturated heterocycles. The molecular formula is C9H10F2N2O2. The fourth-order valence-electron chi connectivity index (χ4n) is 1.82. The summed E-state index contributed by atoms with van der Waals surface area (Å²) in [4.78, 5) is 17.0. The van der Waals surface area contributed by atoms with Crippen molar-refractivity contribution in [3.8, 4) is 0 Å². The van der Waals surface area contributed by atoms with Crippen LogP contribution in [0.15, 0.2) is 0 Å². The first-order valence-corrected chi connectivity index (χ1v) is 4.66. The predicted molar refractivity (Wildman–Crippen MR) is 46.7 cm³/mol. The Labute approximate surface area is 84.3 Å². The highest BCUT2D eigenvalue weighted by Crippen LogP contribution is 2.26. The lowest BCUT2D eigenvalue weighted by Gasteiger charge is -2.16. The van der Waals surface area contributed by atoms with Crippen LogP contribution in [0.2, 0.25) is 0 Å². The quantitative estimate of drug-likeness (QED) is 0.787. The molecule has 1 aliphatic rings. The first-order valence-electron chi connectivity index (χ1n) is 4.66. The van der Waals surface area contributed by atoms with Crippen molar-refractivity contribution in [2.24, 2.45) is 5.92 Å². The number of hydrogen-bond donors (Lipinski definition) is 2. The van der Waals surface area contributed by atoms with Gasteiger partial charge in [-0.05, 0) is 12.8 Å². The number of nitrogens with one attached hydrogen (secondary N) is 1. The Morgan fingerprint density at radius 1 is 1.60 bits per heavy atom. The molecule has 4 nitrogen and oxygen atoms in total. The van der Waals surface area contributed by atoms with E-state index < -0.39 is 18.3 Å². The molecule has 1 aromatic heterocycles. The summed E-state index contributed by atoms with van der Waals surface area (Å²) in [7, 11) is 0. The van der Waals surface area contributed by atoms with Crippen LogP contribution in [0.3, 0.4) is 0 Å². The summed E-state index contributed by atoms with van der Waals surface area (Å²) in [6.07, 6.45) is -1.44. The lowest BCUT2D eigenvalue weighted by atomic mass is 9.90. The van der Waals surface area contributed by atoms with Gasteiger partial charge < -0.3 is 10.1 Å². The summed E-state index contributed by atoms with van der Waals surface area (Å²) in [5.74, 6) is -1.72. The maximum atomic E-state index is 12.3. The topological polar surface area (TPSA) is 66.0 Å². The minimum Gasteiger partial charge on any atom is -0.481 e. The van der Waals surface area contributed by atoms with Crippen molar-refractivity contribution in [3.05, 3.63) is 17.2 Å². The number of fused-ring (bicyclic) bond motifs is 1. The molecule has 1 aliphatic carbocycles. The van der Waals surface area contributed by atoms with Crippen molar-refractivity contribution in [2.75, 3.05) is 0 Å². The van der Waals surface area contributed by atoms with Crippen molar-refractivity contribution in [1.29, 1.82) is 0 Å². The van der Waals surface area contributed by atoms with Crippen molar-refractivity contribution in [2.45, 2.75) is 25.7 Å². The summed E-state index contributed by atoms with van der Waals surface area (Å²) in [6.45, 7) is 0. The second-order valence-corrected chi connectivity index (χ2v) is 3.63. The van der Waals surface area contributed by atoms with Crippen molar-refractivity contribution in [1.82, 2.24) is 9.97 Å². The number of carboxylic acid groups (broad SMARTS) is 1. The predicted octanol–water partition coefficient (Wildman–Crippen LogP) is 1.54. The molecular weight excluding hydrogens is 206 g/mol. The Bertz CT molecular complexity index is 389. The third-order valence-corrected chi connectivity index (χ3v) is 2.62. The number of halogens is 2. The van der Waals surface area contributed by atoms with Gasteiger partial charge in [-0.1, -0.05) is 0 Å². The van der Waals surface area contributed by atoms with Gasteiger partial charge in [-0.25, -0.2) is 13.8 Å². The monoisotopic (exact) mass is 216 g/mol. The summed E-state index contributed by atoms with van der Waals surface area (Å²) in [5.41, 5.74) is 1.13. The van der Waals surface area contributed by atoms with E-state index in [1.165, 1.54) is 0 Å². The number of aromatic amines is 1. The van der Waals surface area contributed by atoms with Crippen LogP contribution in [-0.2, 0) is 17.6 Å². The highest BCUT2D eigenvalue weighted by Gasteiger charge is 2.28. The second-order valence-electron chi connectivity index (χ2n) is 3.63. The average molecular weight is 216 g/mol. The largest absolute Gasteiger partial charge is 0.481 e. The van der Waals surface area contributed by atoms with E-state index in [4.69, 9.17) is 5.11 Å². The summed E-state index contributed by atoms with van der Waals surface area (Å²) in [6, 6.07) is 0. The van der Waals surface area contributed by atoms with Gasteiger partial charge in [-0.15, -0.1) is 0 Å². The van der Waals surface area contributed by atoms with Gasteiger partial charge in [-0.3, -0.25) is 4.79 Å². The molecule has 0 fully saturated rings. The van der Waals surface area contributed by atoms with Gasteiger partial charge in [0.15, 0.2) is 5.82 Å². The molecule has 1 aromatic rings. The molecule has 6 heteroatoms. The lowest BCUT2D eigenvalue weighted by molar-refractivity contribution is -0.142. The van der Waals surface area contributed by atoms with Crippen LogP contribution in [0.25, 0.3) is 0 Å². The minimum atomic E-state index is -2.63. The van der Waals surface area contributed by atoms with E-state index in [2.05, 4.69) is 9.97 Å². The Balaban J connectivity index is 2.22. The van der Waals surface area contributed by atoms with E-state index in [1.807, 2.05) is 0 Å². The lowest BCUT2D eigenvalue weighted by Crippen LogP contribution is -2.22. The number of nitrogens with zero attached hydrogens (tertiary/aromatic N) is 1. The average Bonchev–Trinajstić information content (AvgIpc) is 2.59. The highest BCUT2D eigenvalue weighted by atomic mass is 19.3. The van der Waals surface area contributed by atoms with E-state index in [1.54, 1.807) is 0 Å². The van der Waals surface area contributed by atoms with E-state index in [0.717, 1.165) is 0 Å². The standard InChI is InChI=1S/C9H10F2N2O2/c10-7(11)8-12-5-2-1-4(9(14)15)3-6(5)13-8/h4,7H,1-3H2,(H,12,13)(H,14,15). The molecule has 15 heavy (non-hydrogen) atoms. The zero-order valence-electron chi connectivity index (χ0n) is 7.83. The second kappa shape index (κ2) is 3.60. The number of hydrogen-bond acceptors (Lipinski definition) is 2. The van der Waals surface area contributed by atoms with E-state index in [-0.39, 0.29) is 12.2 Å². The smallest absolute Gasteiger partial charge is 0.306 e. The van der Waals surface area contributed by atoms with Gasteiger partial charge in [0.2, 0.25) is 0 Å². The maximum absolute atomic E-state index is 12.3. The van der Waals surface area contributed by atoms with Gasteiger partial charge in [0.05, 0.1) is 11.6 Å². The minimum absolute atomic E-state index is 0.268. The van der Waals surface area contributed by atoms with Crippen LogP contribution < -0.4 is 0 Å². The molecule has 1 unspecified atom stereocenters. The van der Waals surface area contributed by atoms with Gasteiger partial charge in [-0.2, -0.15) is 0 Å². The summed E-state index contributed by atoms with van der Waals surface area (Å²) >= 11 is 0. The fourth-order valence-corrected chi connectivity index (χ4v) is 1.82. The van der Waals surface area contributed by atoms with E-state index >= 15 is 0 Å². The van der Waals surface area contributed by atoms with Gasteiger partial charge in [0.1, 0.15) is 0 Å². The number of rotatable bonds is 2. The Hall–Kier alpha value is -1.46. The van der Waals surface area contributed by atoms with Crippen LogP contribution in [0.4, 0.5) is 8.78 Å². The van der Waals surface area contributed by atoms with E-state index in [9.17, 15) is 13.6 Å². The summed E-state index contributed by atoms with van der Waals surface area (Å²) in [5, 5.41) is 8.80. The molecule has 2 N–H and O–H groups in total. The molecule has 0 aromatic carbocycles. The number of H-pyrrole nitrogens is 1. The van der Waals surface area contributed by atoms with Gasteiger partial charge in [0, 0.05) is 12.1 Å². The molecule has 82 valence electrons. The molecule has 0 aliphatic heterocycles. The number of carbonyl (C=O) groups is 1. The van der Waals surface area contributed by atoms with Crippen LogP contribution in [0.5, 0.6) is 0 Å². The number of alkyl halides is 2. The number of aliphatic carboxylic acids is 1. The van der Waals surface area contributed by atoms with E-state index in [0.29, 0.717) is 24.2 Å². The Kier molecular flexibility index (Phi) is 2.42. The van der Waals surface area contributed by atoms with Crippen LogP contribution in [0.1, 0.15) is 30.1 Å². The molecule has 2 rings (SSSR count). The zero-order valence-corrected chi connectivity index (χ0v) is 7.83. The zero-order chi connectivity index (χ0) is 11.0. The summed E-state index contributed by atoms with van der Waals surface area (Å²) < 4.78 is 24.6. The fraction of sp³-hybridized carbons (Fsp3) is 0.556. The molecule has 0 bridgehead atoms. The normalized spacial score (nSPS) is 20.3. The highest BCUT2D eigenvalue weighted by molar-refractivity contribution is 5.70. The molecule has 0 radical (unpaired) electrons. The molecule has 1 atom stereocenters. The van der Waals surface area contributed by atoms with Gasteiger partial charge in [0.25, 0.3) is 6.43 Å². The Morgan fingerprint density at radius 2 is 2.33 bits per heavy atom. The van der Waals surface area contributed by atoms with Crippen molar-refractivity contribution in [3.63, 3.8) is 0 Å². The first-order chi connectivity index (χ1) is 7.08. The number of imidazole rings is 1. The van der Waals surface area contributed by atoms with Crippen molar-refractivity contribution >= 4 is 5.97 Å². The molecule has 0 amide bonds. The first kappa shape index (κ1) is 10.1. The van der Waals surface area contributed by atoms with Crippen LogP contribution in [0, 0.1) is 5.92 Å². The number of aromatic nitrogens is 2. The number of carboxylic acids is 1. The number of aryl methyl sites for hydroxylation is 1. The van der Waals surface area contributed by atoms with Crippen LogP contribution in [-0.4, -0.2) is 21.0 Å². The maximum Gasteiger partial charge on any atom is 0.306 e. The molecule has 1 heterocycles. The third kappa shape index (κ3) is 1.84. The van der Waals surface area contributed by atoms with Crippen LogP contribution >= 0.6 is 0 Å². The SMILES string of the molecule is O=C(O)C1CCc2nc(C(F)F)[nH]c2C1. The molecule has 0 saturated carbocycles. The Morgan fingerprint density at radius 3 is 2.93 bits per heavy atom. The van der Waals surface area contributed by atoms with Crippen molar-refractivity contribution < 1.29 is 18.7 Å². The van der Waals surface area contributed by atoms with Gasteiger partial charge >= 0.3 is 5.97 Å².